The lowest BCUT2D eigenvalue weighted by Crippen LogP contribution is -2.34. The number of thiazole rings is 1. The van der Waals surface area contributed by atoms with Crippen molar-refractivity contribution in [2.75, 3.05) is 26.7 Å². The van der Waals surface area contributed by atoms with E-state index in [4.69, 9.17) is 4.74 Å². The number of nitrogens with zero attached hydrogens (tertiary/aromatic N) is 2. The number of likely N-dealkylation sites (tertiary alicyclic amines) is 1. The second-order valence-corrected chi connectivity index (χ2v) is 7.53. The average Bonchev–Trinajstić information content (AvgIpc) is 3.08. The summed E-state index contributed by atoms with van der Waals surface area (Å²) >= 11 is 1.63. The summed E-state index contributed by atoms with van der Waals surface area (Å²) < 4.78 is 18.6. The fourth-order valence-corrected chi connectivity index (χ4v) is 3.87. The van der Waals surface area contributed by atoms with Crippen molar-refractivity contribution >= 4 is 11.3 Å². The van der Waals surface area contributed by atoms with E-state index in [1.165, 1.54) is 31.4 Å². The number of ether oxygens (including phenoxy) is 1. The Morgan fingerprint density at radius 2 is 2.04 bits per heavy atom. The number of benzene rings is 1. The number of rotatable bonds is 8. The molecular formula is C19H26FN3OS. The molecule has 0 atom stereocenters. The maximum Gasteiger partial charge on any atom is 0.140 e. The van der Waals surface area contributed by atoms with Crippen molar-refractivity contribution in [2.24, 2.45) is 5.92 Å². The van der Waals surface area contributed by atoms with Crippen LogP contribution in [0.2, 0.25) is 0 Å². The Bertz CT molecular complexity index is 638. The highest BCUT2D eigenvalue weighted by atomic mass is 32.1. The van der Waals surface area contributed by atoms with Crippen LogP contribution in [0.1, 0.15) is 30.0 Å². The maximum atomic E-state index is 12.9. The molecule has 0 aliphatic carbocycles. The molecule has 3 rings (SSSR count). The molecule has 1 aromatic carbocycles. The Labute approximate surface area is 153 Å². The lowest BCUT2D eigenvalue weighted by Gasteiger charge is -2.31. The number of piperidine rings is 1. The Morgan fingerprint density at radius 3 is 2.76 bits per heavy atom. The topological polar surface area (TPSA) is 37.4 Å². The van der Waals surface area contributed by atoms with E-state index < -0.39 is 0 Å². The zero-order chi connectivity index (χ0) is 17.5. The molecule has 2 heterocycles. The Kier molecular flexibility index (Phi) is 6.78. The first-order valence-corrected chi connectivity index (χ1v) is 9.79. The van der Waals surface area contributed by atoms with Crippen molar-refractivity contribution in [1.82, 2.24) is 15.2 Å². The van der Waals surface area contributed by atoms with Crippen LogP contribution >= 0.6 is 11.3 Å². The second kappa shape index (κ2) is 9.27. The molecule has 4 nitrogen and oxygen atoms in total. The average molecular weight is 364 g/mol. The number of halogens is 1. The van der Waals surface area contributed by atoms with Gasteiger partial charge in [0.05, 0.1) is 5.69 Å². The van der Waals surface area contributed by atoms with Gasteiger partial charge in [-0.05, 0) is 76.1 Å². The van der Waals surface area contributed by atoms with Crippen LogP contribution in [0, 0.1) is 11.7 Å². The molecule has 0 spiro atoms. The summed E-state index contributed by atoms with van der Waals surface area (Å²) in [4.78, 5) is 7.17. The number of nitrogens with one attached hydrogen (secondary N) is 1. The fourth-order valence-electron chi connectivity index (χ4n) is 3.17. The minimum Gasteiger partial charge on any atom is -0.486 e. The van der Waals surface area contributed by atoms with Crippen molar-refractivity contribution in [3.05, 3.63) is 46.2 Å². The van der Waals surface area contributed by atoms with Gasteiger partial charge in [0, 0.05) is 11.9 Å². The molecule has 25 heavy (non-hydrogen) atoms. The molecule has 1 aliphatic rings. The third-order valence-electron chi connectivity index (χ3n) is 4.67. The number of hydrogen-bond acceptors (Lipinski definition) is 5. The van der Waals surface area contributed by atoms with Crippen LogP contribution in [0.3, 0.4) is 0 Å². The molecule has 0 bridgehead atoms. The molecule has 0 amide bonds. The summed E-state index contributed by atoms with van der Waals surface area (Å²) in [6.45, 7) is 4.79. The Morgan fingerprint density at radius 1 is 1.28 bits per heavy atom. The summed E-state index contributed by atoms with van der Waals surface area (Å²) in [6, 6.07) is 6.09. The van der Waals surface area contributed by atoms with E-state index in [0.717, 1.165) is 42.8 Å². The first kappa shape index (κ1) is 18.3. The molecule has 1 aliphatic heterocycles. The van der Waals surface area contributed by atoms with Crippen molar-refractivity contribution < 1.29 is 9.13 Å². The van der Waals surface area contributed by atoms with Gasteiger partial charge in [-0.3, -0.25) is 4.90 Å². The van der Waals surface area contributed by atoms with Gasteiger partial charge in [0.1, 0.15) is 23.2 Å². The highest BCUT2D eigenvalue weighted by molar-refractivity contribution is 7.09. The highest BCUT2D eigenvalue weighted by Crippen LogP contribution is 2.22. The van der Waals surface area contributed by atoms with Crippen molar-refractivity contribution in [3.63, 3.8) is 0 Å². The zero-order valence-corrected chi connectivity index (χ0v) is 15.5. The zero-order valence-electron chi connectivity index (χ0n) is 14.7. The highest BCUT2D eigenvalue weighted by Gasteiger charge is 2.19. The van der Waals surface area contributed by atoms with Gasteiger partial charge >= 0.3 is 0 Å². The lowest BCUT2D eigenvalue weighted by atomic mass is 9.93. The van der Waals surface area contributed by atoms with Crippen LogP contribution in [0.4, 0.5) is 4.39 Å². The third-order valence-corrected chi connectivity index (χ3v) is 5.54. The SMILES string of the molecule is CNCCC1CCN(Cc2csc(COc3ccc(F)cc3)n2)CC1. The van der Waals surface area contributed by atoms with E-state index in [9.17, 15) is 4.39 Å². The summed E-state index contributed by atoms with van der Waals surface area (Å²) in [5.74, 6) is 1.28. The standard InChI is InChI=1S/C19H26FN3OS/c1-21-9-6-15-7-10-23(11-8-15)12-17-14-25-19(22-17)13-24-18-4-2-16(20)3-5-18/h2-5,14-15,21H,6-13H2,1H3. The quantitative estimate of drug-likeness (QED) is 0.776. The van der Waals surface area contributed by atoms with Crippen LogP contribution in [0.15, 0.2) is 29.6 Å². The van der Waals surface area contributed by atoms with E-state index in [1.54, 1.807) is 23.5 Å². The van der Waals surface area contributed by atoms with E-state index in [-0.39, 0.29) is 5.82 Å². The molecule has 0 radical (unpaired) electrons. The van der Waals surface area contributed by atoms with Gasteiger partial charge < -0.3 is 10.1 Å². The first-order chi connectivity index (χ1) is 12.2. The minimum absolute atomic E-state index is 0.251. The molecular weight excluding hydrogens is 337 g/mol. The predicted octanol–water partition coefficient (Wildman–Crippen LogP) is 3.68. The molecule has 6 heteroatoms. The van der Waals surface area contributed by atoms with Crippen LogP contribution in [0.25, 0.3) is 0 Å². The molecule has 136 valence electrons. The van der Waals surface area contributed by atoms with Crippen molar-refractivity contribution in [3.8, 4) is 5.75 Å². The second-order valence-electron chi connectivity index (χ2n) is 6.59. The molecule has 1 N–H and O–H groups in total. The smallest absolute Gasteiger partial charge is 0.140 e. The normalized spacial score (nSPS) is 16.2. The Balaban J connectivity index is 1.42. The van der Waals surface area contributed by atoms with Gasteiger partial charge in [0.25, 0.3) is 0 Å². The van der Waals surface area contributed by atoms with Gasteiger partial charge in [0.2, 0.25) is 0 Å². The van der Waals surface area contributed by atoms with Crippen molar-refractivity contribution in [1.29, 1.82) is 0 Å². The largest absolute Gasteiger partial charge is 0.486 e. The Hall–Kier alpha value is -1.50. The van der Waals surface area contributed by atoms with Crippen molar-refractivity contribution in [2.45, 2.75) is 32.4 Å². The molecule has 2 aromatic rings. The summed E-state index contributed by atoms with van der Waals surface area (Å²) in [5.41, 5.74) is 1.12. The van der Waals surface area contributed by atoms with Gasteiger partial charge in [0.15, 0.2) is 0 Å². The fraction of sp³-hybridized carbons (Fsp3) is 0.526. The summed E-state index contributed by atoms with van der Waals surface area (Å²) in [5, 5.41) is 6.33. The van der Waals surface area contributed by atoms with Gasteiger partial charge in [-0.15, -0.1) is 11.3 Å². The molecule has 0 unspecified atom stereocenters. The van der Waals surface area contributed by atoms with Crippen LogP contribution in [-0.2, 0) is 13.2 Å². The molecule has 1 saturated heterocycles. The van der Waals surface area contributed by atoms with Crippen LogP contribution in [0.5, 0.6) is 5.75 Å². The summed E-state index contributed by atoms with van der Waals surface area (Å²) in [6.07, 6.45) is 3.85. The van der Waals surface area contributed by atoms with E-state index in [1.807, 2.05) is 7.05 Å². The van der Waals surface area contributed by atoms with Gasteiger partial charge in [-0.25, -0.2) is 9.37 Å². The lowest BCUT2D eigenvalue weighted by molar-refractivity contribution is 0.171. The summed E-state index contributed by atoms with van der Waals surface area (Å²) in [7, 11) is 2.02. The van der Waals surface area contributed by atoms with E-state index in [0.29, 0.717) is 12.4 Å². The monoisotopic (exact) mass is 363 g/mol. The molecule has 1 aromatic heterocycles. The first-order valence-electron chi connectivity index (χ1n) is 8.91. The predicted molar refractivity (Wildman–Crippen MR) is 99.4 cm³/mol. The maximum absolute atomic E-state index is 12.9. The van der Waals surface area contributed by atoms with Crippen LogP contribution in [-0.4, -0.2) is 36.6 Å². The van der Waals surface area contributed by atoms with Gasteiger partial charge in [-0.1, -0.05) is 0 Å². The minimum atomic E-state index is -0.251. The molecule has 0 saturated carbocycles. The van der Waals surface area contributed by atoms with E-state index >= 15 is 0 Å². The van der Waals surface area contributed by atoms with E-state index in [2.05, 4.69) is 20.6 Å². The van der Waals surface area contributed by atoms with Gasteiger partial charge in [-0.2, -0.15) is 0 Å². The third kappa shape index (κ3) is 5.76. The number of aromatic nitrogens is 1. The molecule has 1 fully saturated rings. The number of hydrogen-bond donors (Lipinski definition) is 1. The van der Waals surface area contributed by atoms with Crippen LogP contribution < -0.4 is 10.1 Å².